The molecule has 4 aromatic rings. The van der Waals surface area contributed by atoms with E-state index in [0.717, 1.165) is 33.2 Å². The predicted molar refractivity (Wildman–Crippen MR) is 121 cm³/mol. The Morgan fingerprint density at radius 2 is 1.72 bits per heavy atom. The number of benzene rings is 2. The van der Waals surface area contributed by atoms with E-state index in [9.17, 15) is 14.4 Å². The first-order valence-corrected chi connectivity index (χ1v) is 10.3. The third-order valence-electron chi connectivity index (χ3n) is 5.68. The highest BCUT2D eigenvalue weighted by Crippen LogP contribution is 2.37. The first-order chi connectivity index (χ1) is 15.3. The number of furan rings is 1. The molecule has 7 heteroatoms. The fourth-order valence-corrected chi connectivity index (χ4v) is 3.97. The summed E-state index contributed by atoms with van der Waals surface area (Å²) in [5.74, 6) is -0.787. The lowest BCUT2D eigenvalue weighted by molar-refractivity contribution is -0.141. The molecule has 0 radical (unpaired) electrons. The standard InChI is InChI=1S/C25H23NO6/c1-13-17(9-10-22(27)26-14(2)24(28)29)25(30)32-20-12-21-19(11-18(13)20)23(15(3)31-21)16-7-5-4-6-8-16/h4-8,11-12,14H,9-10H2,1-3H3,(H,26,27)(H,28,29)/t14-/m0/s1. The average molecular weight is 433 g/mol. The maximum absolute atomic E-state index is 12.6. The Labute approximate surface area is 183 Å². The zero-order valence-electron chi connectivity index (χ0n) is 18.0. The summed E-state index contributed by atoms with van der Waals surface area (Å²) < 4.78 is 11.5. The van der Waals surface area contributed by atoms with Crippen molar-refractivity contribution < 1.29 is 23.5 Å². The number of carboxylic acids is 1. The molecule has 2 heterocycles. The van der Waals surface area contributed by atoms with Gasteiger partial charge in [0.05, 0.1) is 0 Å². The van der Waals surface area contributed by atoms with Gasteiger partial charge in [0.1, 0.15) is 23.0 Å². The van der Waals surface area contributed by atoms with Crippen LogP contribution >= 0.6 is 0 Å². The lowest BCUT2D eigenvalue weighted by Crippen LogP contribution is -2.38. The maximum atomic E-state index is 12.6. The van der Waals surface area contributed by atoms with E-state index >= 15 is 0 Å². The number of carboxylic acid groups (broad SMARTS) is 1. The number of nitrogens with one attached hydrogen (secondary N) is 1. The van der Waals surface area contributed by atoms with Gasteiger partial charge in [0.2, 0.25) is 5.91 Å². The molecule has 1 amide bonds. The highest BCUT2D eigenvalue weighted by atomic mass is 16.4. The van der Waals surface area contributed by atoms with Crippen LogP contribution in [0.3, 0.4) is 0 Å². The molecule has 7 nitrogen and oxygen atoms in total. The van der Waals surface area contributed by atoms with E-state index in [-0.39, 0.29) is 12.8 Å². The molecule has 0 aliphatic rings. The summed E-state index contributed by atoms with van der Waals surface area (Å²) in [5.41, 5.74) is 3.68. The molecule has 2 aromatic heterocycles. The molecule has 0 fully saturated rings. The van der Waals surface area contributed by atoms with Crippen molar-refractivity contribution in [1.29, 1.82) is 0 Å². The number of amides is 1. The third-order valence-corrected chi connectivity index (χ3v) is 5.68. The summed E-state index contributed by atoms with van der Waals surface area (Å²) in [5, 5.41) is 13.0. The number of aliphatic carboxylic acids is 1. The average Bonchev–Trinajstić information content (AvgIpc) is 3.07. The lowest BCUT2D eigenvalue weighted by Gasteiger charge is -2.10. The van der Waals surface area contributed by atoms with E-state index in [2.05, 4.69) is 5.32 Å². The fourth-order valence-electron chi connectivity index (χ4n) is 3.97. The van der Waals surface area contributed by atoms with Crippen LogP contribution in [0.1, 0.15) is 30.2 Å². The fraction of sp³-hybridized carbons (Fsp3) is 0.240. The minimum Gasteiger partial charge on any atom is -0.480 e. The van der Waals surface area contributed by atoms with Crippen molar-refractivity contribution in [1.82, 2.24) is 5.32 Å². The molecule has 0 aliphatic heterocycles. The first-order valence-electron chi connectivity index (χ1n) is 10.3. The van der Waals surface area contributed by atoms with Crippen LogP contribution in [0.15, 0.2) is 56.1 Å². The number of rotatable bonds is 6. The topological polar surface area (TPSA) is 110 Å². The molecule has 0 unspecified atom stereocenters. The lowest BCUT2D eigenvalue weighted by atomic mass is 9.98. The van der Waals surface area contributed by atoms with Crippen LogP contribution in [0.25, 0.3) is 33.1 Å². The van der Waals surface area contributed by atoms with Gasteiger partial charge in [-0.3, -0.25) is 9.59 Å². The second-order valence-electron chi connectivity index (χ2n) is 7.86. The SMILES string of the molecule is Cc1oc2cc3oc(=O)c(CCC(=O)N[C@@H](C)C(=O)O)c(C)c3cc2c1-c1ccccc1. The highest BCUT2D eigenvalue weighted by Gasteiger charge is 2.19. The Bertz CT molecular complexity index is 1400. The van der Waals surface area contributed by atoms with Crippen LogP contribution in [-0.2, 0) is 16.0 Å². The molecular weight excluding hydrogens is 410 g/mol. The minimum absolute atomic E-state index is 0.0168. The Morgan fingerprint density at radius 1 is 1.03 bits per heavy atom. The number of hydrogen-bond acceptors (Lipinski definition) is 5. The summed E-state index contributed by atoms with van der Waals surface area (Å²) in [6.07, 6.45) is 0.132. The number of carbonyl (C=O) groups excluding carboxylic acids is 1. The smallest absolute Gasteiger partial charge is 0.339 e. The largest absolute Gasteiger partial charge is 0.480 e. The monoisotopic (exact) mass is 433 g/mol. The van der Waals surface area contributed by atoms with Gasteiger partial charge in [0.25, 0.3) is 0 Å². The molecule has 0 bridgehead atoms. The van der Waals surface area contributed by atoms with Gasteiger partial charge < -0.3 is 19.3 Å². The molecule has 1 atom stereocenters. The van der Waals surface area contributed by atoms with Gasteiger partial charge in [0, 0.05) is 34.4 Å². The van der Waals surface area contributed by atoms with Gasteiger partial charge in [-0.05, 0) is 44.4 Å². The van der Waals surface area contributed by atoms with E-state index in [1.807, 2.05) is 50.2 Å². The molecule has 0 aliphatic carbocycles. The molecule has 0 spiro atoms. The summed E-state index contributed by atoms with van der Waals surface area (Å²) in [7, 11) is 0. The minimum atomic E-state index is -1.12. The van der Waals surface area contributed by atoms with Gasteiger partial charge in [-0.1, -0.05) is 30.3 Å². The van der Waals surface area contributed by atoms with Crippen molar-refractivity contribution in [2.75, 3.05) is 0 Å². The van der Waals surface area contributed by atoms with Crippen LogP contribution < -0.4 is 10.9 Å². The van der Waals surface area contributed by atoms with Crippen molar-refractivity contribution in [2.24, 2.45) is 0 Å². The van der Waals surface area contributed by atoms with Crippen LogP contribution in [0.5, 0.6) is 0 Å². The van der Waals surface area contributed by atoms with Crippen molar-refractivity contribution in [3.8, 4) is 11.1 Å². The molecule has 2 N–H and O–H groups in total. The zero-order chi connectivity index (χ0) is 23.0. The maximum Gasteiger partial charge on any atom is 0.339 e. The van der Waals surface area contributed by atoms with Crippen LogP contribution in [-0.4, -0.2) is 23.0 Å². The van der Waals surface area contributed by atoms with Crippen LogP contribution in [0, 0.1) is 13.8 Å². The van der Waals surface area contributed by atoms with Crippen molar-refractivity contribution in [3.05, 3.63) is 69.8 Å². The van der Waals surface area contributed by atoms with Gasteiger partial charge in [-0.25, -0.2) is 4.79 Å². The van der Waals surface area contributed by atoms with Gasteiger partial charge in [-0.15, -0.1) is 0 Å². The van der Waals surface area contributed by atoms with Crippen LogP contribution in [0.4, 0.5) is 0 Å². The van der Waals surface area contributed by atoms with Crippen LogP contribution in [0.2, 0.25) is 0 Å². The molecular formula is C25H23NO6. The second kappa shape index (κ2) is 8.34. The predicted octanol–water partition coefficient (Wildman–Crippen LogP) is 4.34. The number of fused-ring (bicyclic) bond motifs is 2. The Balaban J connectivity index is 1.75. The molecule has 0 saturated carbocycles. The highest BCUT2D eigenvalue weighted by molar-refractivity contribution is 6.03. The first kappa shape index (κ1) is 21.4. The number of hydrogen-bond donors (Lipinski definition) is 2. The molecule has 164 valence electrons. The normalized spacial score (nSPS) is 12.2. The Kier molecular flexibility index (Phi) is 5.57. The molecule has 32 heavy (non-hydrogen) atoms. The van der Waals surface area contributed by atoms with Gasteiger partial charge in [0.15, 0.2) is 0 Å². The number of carbonyl (C=O) groups is 2. The summed E-state index contributed by atoms with van der Waals surface area (Å²) >= 11 is 0. The number of aryl methyl sites for hydroxylation is 2. The molecule has 2 aromatic carbocycles. The van der Waals surface area contributed by atoms with E-state index in [0.29, 0.717) is 16.7 Å². The van der Waals surface area contributed by atoms with Crippen molar-refractivity contribution >= 4 is 33.8 Å². The quantitative estimate of drug-likeness (QED) is 0.438. The van der Waals surface area contributed by atoms with Gasteiger partial charge in [-0.2, -0.15) is 0 Å². The Morgan fingerprint density at radius 3 is 2.41 bits per heavy atom. The van der Waals surface area contributed by atoms with Gasteiger partial charge >= 0.3 is 11.6 Å². The van der Waals surface area contributed by atoms with E-state index in [4.69, 9.17) is 13.9 Å². The Hall–Kier alpha value is -3.87. The zero-order valence-corrected chi connectivity index (χ0v) is 18.0. The summed E-state index contributed by atoms with van der Waals surface area (Å²) in [4.78, 5) is 35.6. The third kappa shape index (κ3) is 3.89. The molecule has 4 rings (SSSR count). The molecule has 0 saturated heterocycles. The van der Waals surface area contributed by atoms with Crippen molar-refractivity contribution in [3.63, 3.8) is 0 Å². The second-order valence-corrected chi connectivity index (χ2v) is 7.86. The van der Waals surface area contributed by atoms with E-state index in [1.165, 1.54) is 6.92 Å². The van der Waals surface area contributed by atoms with Crippen molar-refractivity contribution in [2.45, 2.75) is 39.7 Å². The van der Waals surface area contributed by atoms with E-state index < -0.39 is 23.5 Å². The summed E-state index contributed by atoms with van der Waals surface area (Å²) in [6, 6.07) is 12.6. The summed E-state index contributed by atoms with van der Waals surface area (Å²) in [6.45, 7) is 5.11. The van der Waals surface area contributed by atoms with E-state index in [1.54, 1.807) is 6.07 Å².